The lowest BCUT2D eigenvalue weighted by Gasteiger charge is -2.09. The molecule has 1 rings (SSSR count). The van der Waals surface area contributed by atoms with Crippen molar-refractivity contribution in [3.63, 3.8) is 0 Å². The monoisotopic (exact) mass is 193 g/mol. The van der Waals surface area contributed by atoms with Gasteiger partial charge in [0.2, 0.25) is 0 Å². The van der Waals surface area contributed by atoms with Gasteiger partial charge < -0.3 is 10.5 Å². The van der Waals surface area contributed by atoms with E-state index in [1.807, 2.05) is 13.0 Å². The van der Waals surface area contributed by atoms with Crippen LogP contribution >= 0.6 is 0 Å². The number of nitrogens with two attached hydrogens (primary N) is 1. The summed E-state index contributed by atoms with van der Waals surface area (Å²) in [4.78, 5) is 10.6. The van der Waals surface area contributed by atoms with Gasteiger partial charge in [0, 0.05) is 0 Å². The van der Waals surface area contributed by atoms with Gasteiger partial charge in [0.25, 0.3) is 0 Å². The van der Waals surface area contributed by atoms with Crippen molar-refractivity contribution in [3.8, 4) is 5.75 Å². The lowest BCUT2D eigenvalue weighted by atomic mass is 10.0. The van der Waals surface area contributed by atoms with E-state index in [1.165, 1.54) is 0 Å². The lowest BCUT2D eigenvalue weighted by Crippen LogP contribution is -2.16. The fourth-order valence-corrected chi connectivity index (χ4v) is 1.28. The number of primary amides is 1. The highest BCUT2D eigenvalue weighted by molar-refractivity contribution is 5.68. The molecule has 0 unspecified atom stereocenters. The maximum absolute atomic E-state index is 10.6. The molecule has 1 amide bonds. The van der Waals surface area contributed by atoms with Crippen LogP contribution in [0.25, 0.3) is 0 Å². The number of ether oxygens (including phenoxy) is 1. The normalized spacial score (nSPS) is 10.3. The predicted molar refractivity (Wildman–Crippen MR) is 55.5 cm³/mol. The largest absolute Gasteiger partial charge is 0.410 e. The Labute approximate surface area is 83.9 Å². The molecule has 0 saturated carbocycles. The summed E-state index contributed by atoms with van der Waals surface area (Å²) in [5.41, 5.74) is 7.14. The summed E-state index contributed by atoms with van der Waals surface area (Å²) in [6.45, 7) is 6.13. The number of carbonyl (C=O) groups excluding carboxylic acids is 1. The van der Waals surface area contributed by atoms with Crippen LogP contribution in [-0.2, 0) is 0 Å². The fraction of sp³-hybridized carbons (Fsp3) is 0.364. The van der Waals surface area contributed by atoms with Crippen LogP contribution in [0.3, 0.4) is 0 Å². The van der Waals surface area contributed by atoms with Crippen molar-refractivity contribution >= 4 is 6.09 Å². The smallest absolute Gasteiger partial charge is 0.409 e. The van der Waals surface area contributed by atoms with Crippen molar-refractivity contribution in [1.29, 1.82) is 0 Å². The van der Waals surface area contributed by atoms with Crippen LogP contribution in [0, 0.1) is 6.92 Å². The second-order valence-electron chi connectivity index (χ2n) is 3.66. The van der Waals surface area contributed by atoms with Gasteiger partial charge >= 0.3 is 6.09 Å². The average Bonchev–Trinajstić information content (AvgIpc) is 2.01. The first-order valence-electron chi connectivity index (χ1n) is 4.58. The molecule has 3 nitrogen and oxygen atoms in total. The summed E-state index contributed by atoms with van der Waals surface area (Å²) >= 11 is 0. The van der Waals surface area contributed by atoms with Gasteiger partial charge in [-0.05, 0) is 36.1 Å². The van der Waals surface area contributed by atoms with Gasteiger partial charge in [-0.25, -0.2) is 4.79 Å². The van der Waals surface area contributed by atoms with Gasteiger partial charge in [-0.3, -0.25) is 0 Å². The van der Waals surface area contributed by atoms with E-state index in [0.717, 1.165) is 11.1 Å². The Morgan fingerprint density at radius 2 is 2.00 bits per heavy atom. The van der Waals surface area contributed by atoms with Gasteiger partial charge in [0.1, 0.15) is 5.75 Å². The molecule has 76 valence electrons. The van der Waals surface area contributed by atoms with E-state index >= 15 is 0 Å². The molecule has 0 aromatic heterocycles. The summed E-state index contributed by atoms with van der Waals surface area (Å²) in [5.74, 6) is 0.923. The van der Waals surface area contributed by atoms with Gasteiger partial charge in [0.05, 0.1) is 0 Å². The minimum absolute atomic E-state index is 0.408. The third-order valence-electron chi connectivity index (χ3n) is 1.96. The van der Waals surface area contributed by atoms with E-state index in [0.29, 0.717) is 11.7 Å². The van der Waals surface area contributed by atoms with E-state index in [1.54, 1.807) is 6.07 Å². The molecule has 0 atom stereocenters. The van der Waals surface area contributed by atoms with Crippen LogP contribution in [0.4, 0.5) is 4.79 Å². The van der Waals surface area contributed by atoms with Gasteiger partial charge in [-0.1, -0.05) is 19.9 Å². The van der Waals surface area contributed by atoms with E-state index in [-0.39, 0.29) is 0 Å². The number of rotatable bonds is 2. The zero-order valence-corrected chi connectivity index (χ0v) is 8.70. The first-order chi connectivity index (χ1) is 6.49. The molecule has 2 N–H and O–H groups in total. The molecular formula is C11H15NO2. The van der Waals surface area contributed by atoms with E-state index in [2.05, 4.69) is 19.9 Å². The minimum atomic E-state index is -0.773. The first kappa shape index (κ1) is 10.6. The maximum atomic E-state index is 10.6. The Bertz CT molecular complexity index is 345. The van der Waals surface area contributed by atoms with Crippen molar-refractivity contribution in [2.24, 2.45) is 5.73 Å². The number of aryl methyl sites for hydroxylation is 1. The number of amides is 1. The molecule has 0 saturated heterocycles. The number of carbonyl (C=O) groups is 1. The molecule has 1 aromatic carbocycles. The second kappa shape index (κ2) is 4.13. The summed E-state index contributed by atoms with van der Waals surface area (Å²) < 4.78 is 4.82. The van der Waals surface area contributed by atoms with E-state index in [9.17, 15) is 4.79 Å². The zero-order chi connectivity index (χ0) is 10.7. The molecule has 0 radical (unpaired) electrons. The quantitative estimate of drug-likeness (QED) is 0.784. The van der Waals surface area contributed by atoms with Crippen molar-refractivity contribution < 1.29 is 9.53 Å². The first-order valence-corrected chi connectivity index (χ1v) is 4.58. The van der Waals surface area contributed by atoms with Crippen molar-refractivity contribution in [2.75, 3.05) is 0 Å². The van der Waals surface area contributed by atoms with Crippen LogP contribution < -0.4 is 10.5 Å². The topological polar surface area (TPSA) is 52.3 Å². The van der Waals surface area contributed by atoms with Crippen LogP contribution in [0.2, 0.25) is 0 Å². The number of benzene rings is 1. The Morgan fingerprint density at radius 1 is 1.36 bits per heavy atom. The van der Waals surface area contributed by atoms with Crippen LogP contribution in [0.1, 0.15) is 30.9 Å². The number of hydrogen-bond acceptors (Lipinski definition) is 2. The van der Waals surface area contributed by atoms with Crippen molar-refractivity contribution in [1.82, 2.24) is 0 Å². The van der Waals surface area contributed by atoms with Crippen LogP contribution in [0.15, 0.2) is 18.2 Å². The molecule has 14 heavy (non-hydrogen) atoms. The van der Waals surface area contributed by atoms with E-state index in [4.69, 9.17) is 10.5 Å². The zero-order valence-electron chi connectivity index (χ0n) is 8.70. The summed E-state index contributed by atoms with van der Waals surface area (Å²) in [6.07, 6.45) is -0.773. The molecule has 0 fully saturated rings. The minimum Gasteiger partial charge on any atom is -0.410 e. The molecule has 0 bridgehead atoms. The lowest BCUT2D eigenvalue weighted by molar-refractivity contribution is 0.211. The number of hydrogen-bond donors (Lipinski definition) is 1. The highest BCUT2D eigenvalue weighted by atomic mass is 16.5. The maximum Gasteiger partial charge on any atom is 0.409 e. The van der Waals surface area contributed by atoms with Crippen LogP contribution in [-0.4, -0.2) is 6.09 Å². The highest BCUT2D eigenvalue weighted by Gasteiger charge is 2.05. The summed E-state index contributed by atoms with van der Waals surface area (Å²) in [6, 6.07) is 5.69. The SMILES string of the molecule is Cc1cc(OC(N)=O)cc(C(C)C)c1. The molecule has 0 aliphatic rings. The van der Waals surface area contributed by atoms with Gasteiger partial charge in [-0.15, -0.1) is 0 Å². The Morgan fingerprint density at radius 3 is 2.50 bits per heavy atom. The predicted octanol–water partition coefficient (Wildman–Crippen LogP) is 2.58. The Balaban J connectivity index is 3.01. The fourth-order valence-electron chi connectivity index (χ4n) is 1.28. The Hall–Kier alpha value is -1.51. The molecule has 3 heteroatoms. The third-order valence-corrected chi connectivity index (χ3v) is 1.96. The standard InChI is InChI=1S/C11H15NO2/c1-7(2)9-4-8(3)5-10(6-9)14-11(12)13/h4-7H,1-3H3,(H2,12,13). The Kier molecular flexibility index (Phi) is 3.12. The molecule has 0 heterocycles. The second-order valence-corrected chi connectivity index (χ2v) is 3.66. The summed E-state index contributed by atoms with van der Waals surface area (Å²) in [7, 11) is 0. The van der Waals surface area contributed by atoms with Crippen molar-refractivity contribution in [3.05, 3.63) is 29.3 Å². The average molecular weight is 193 g/mol. The van der Waals surface area contributed by atoms with Crippen molar-refractivity contribution in [2.45, 2.75) is 26.7 Å². The molecule has 0 aliphatic heterocycles. The summed E-state index contributed by atoms with van der Waals surface area (Å²) in [5, 5.41) is 0. The molecule has 1 aromatic rings. The van der Waals surface area contributed by atoms with Gasteiger partial charge in [-0.2, -0.15) is 0 Å². The van der Waals surface area contributed by atoms with E-state index < -0.39 is 6.09 Å². The highest BCUT2D eigenvalue weighted by Crippen LogP contribution is 2.22. The van der Waals surface area contributed by atoms with Gasteiger partial charge in [0.15, 0.2) is 0 Å². The third kappa shape index (κ3) is 2.76. The molecular weight excluding hydrogens is 178 g/mol. The molecule has 0 aliphatic carbocycles. The molecule has 0 spiro atoms. The van der Waals surface area contributed by atoms with Crippen LogP contribution in [0.5, 0.6) is 5.75 Å².